The molecule has 2 radical (unpaired) electrons. The van der Waals surface area contributed by atoms with Gasteiger partial charge in [-0.3, -0.25) is 0 Å². The topological polar surface area (TPSA) is 66.5 Å². The molecule has 1 aromatic rings. The molecule has 9 heavy (non-hydrogen) atoms. The lowest BCUT2D eigenvalue weighted by molar-refractivity contribution is 0.881. The summed E-state index contributed by atoms with van der Waals surface area (Å²) in [5, 5.41) is 13.1. The summed E-state index contributed by atoms with van der Waals surface area (Å²) in [7, 11) is 0.345. The van der Waals surface area contributed by atoms with E-state index in [0.717, 1.165) is 0 Å². The lowest BCUT2D eigenvalue weighted by atomic mass is 11.1. The molecule has 0 aliphatic carbocycles. The van der Waals surface area contributed by atoms with Crippen molar-refractivity contribution in [3.05, 3.63) is 12.8 Å². The minimum atomic E-state index is 0.345. The number of rotatable bonds is 3. The highest BCUT2D eigenvalue weighted by molar-refractivity contribution is 6.48. The minimum Gasteiger partial charge on any atom is -0.412 e. The third kappa shape index (κ3) is 1.65. The SMILES string of the molecule is C=CN[Si]c1nn[nH]n1. The van der Waals surface area contributed by atoms with Gasteiger partial charge in [-0.15, -0.1) is 10.2 Å². The standard InChI is InChI=1S/C3H5N5Si/c1-2-4-9-3-5-7-8-6-3/h2,4H,1H2,(H,5,6,7,8). The van der Waals surface area contributed by atoms with Crippen LogP contribution in [0.1, 0.15) is 0 Å². The van der Waals surface area contributed by atoms with Gasteiger partial charge in [0, 0.05) is 0 Å². The molecule has 0 aromatic carbocycles. The van der Waals surface area contributed by atoms with Gasteiger partial charge < -0.3 is 4.98 Å². The van der Waals surface area contributed by atoms with Crippen LogP contribution < -0.4 is 10.4 Å². The monoisotopic (exact) mass is 139 g/mol. The van der Waals surface area contributed by atoms with Gasteiger partial charge in [0.25, 0.3) is 9.68 Å². The van der Waals surface area contributed by atoms with Crippen LogP contribution in [0.15, 0.2) is 12.8 Å². The van der Waals surface area contributed by atoms with E-state index >= 15 is 0 Å². The zero-order chi connectivity index (χ0) is 6.53. The fraction of sp³-hybridized carbons (Fsp3) is 0. The van der Waals surface area contributed by atoms with Crippen LogP contribution in [0.4, 0.5) is 0 Å². The Bertz CT molecular complexity index is 170. The normalized spacial score (nSPS) is 8.89. The number of nitrogens with zero attached hydrogens (tertiary/aromatic N) is 3. The Balaban J connectivity index is 2.38. The first-order valence-corrected chi connectivity index (χ1v) is 3.29. The Morgan fingerprint density at radius 2 is 2.67 bits per heavy atom. The van der Waals surface area contributed by atoms with Gasteiger partial charge in [0.1, 0.15) is 0 Å². The highest BCUT2D eigenvalue weighted by Gasteiger charge is 1.95. The van der Waals surface area contributed by atoms with E-state index in [2.05, 4.69) is 32.2 Å². The maximum atomic E-state index is 3.71. The van der Waals surface area contributed by atoms with Crippen LogP contribution in [0.2, 0.25) is 0 Å². The number of hydrogen-bond donors (Lipinski definition) is 2. The first-order valence-electron chi connectivity index (χ1n) is 2.29. The van der Waals surface area contributed by atoms with Crippen LogP contribution in [0, 0.1) is 0 Å². The molecule has 0 saturated carbocycles. The fourth-order valence-electron chi connectivity index (χ4n) is 0.330. The molecule has 0 amide bonds. The third-order valence-corrected chi connectivity index (χ3v) is 1.42. The summed E-state index contributed by atoms with van der Waals surface area (Å²) in [6.07, 6.45) is 1.59. The van der Waals surface area contributed by atoms with Crippen molar-refractivity contribution in [2.75, 3.05) is 0 Å². The van der Waals surface area contributed by atoms with Crippen molar-refractivity contribution in [2.45, 2.75) is 0 Å². The number of tetrazole rings is 1. The van der Waals surface area contributed by atoms with Crippen molar-refractivity contribution < 1.29 is 0 Å². The van der Waals surface area contributed by atoms with Crippen LogP contribution in [0.25, 0.3) is 0 Å². The maximum Gasteiger partial charge on any atom is 0.275 e. The Morgan fingerprint density at radius 3 is 3.22 bits per heavy atom. The van der Waals surface area contributed by atoms with Gasteiger partial charge in [-0.1, -0.05) is 11.8 Å². The lowest BCUT2D eigenvalue weighted by Gasteiger charge is -1.86. The molecule has 0 saturated heterocycles. The van der Waals surface area contributed by atoms with Gasteiger partial charge in [0.2, 0.25) is 0 Å². The molecular formula is C3H5N5Si. The van der Waals surface area contributed by atoms with Crippen molar-refractivity contribution in [3.8, 4) is 0 Å². The molecule has 1 rings (SSSR count). The van der Waals surface area contributed by atoms with Crippen LogP contribution >= 0.6 is 0 Å². The number of hydrogen-bond acceptors (Lipinski definition) is 4. The second-order valence-electron chi connectivity index (χ2n) is 1.21. The van der Waals surface area contributed by atoms with E-state index in [1.54, 1.807) is 6.20 Å². The second kappa shape index (κ2) is 2.97. The van der Waals surface area contributed by atoms with Crippen molar-refractivity contribution in [3.63, 3.8) is 0 Å². The second-order valence-corrected chi connectivity index (χ2v) is 2.19. The summed E-state index contributed by atoms with van der Waals surface area (Å²) in [4.78, 5) is 2.86. The molecule has 6 heteroatoms. The molecule has 0 atom stereocenters. The molecule has 5 nitrogen and oxygen atoms in total. The average molecular weight is 139 g/mol. The summed E-state index contributed by atoms with van der Waals surface area (Å²) in [6, 6.07) is 0. The highest BCUT2D eigenvalue weighted by Crippen LogP contribution is 1.52. The van der Waals surface area contributed by atoms with Crippen LogP contribution in [0.3, 0.4) is 0 Å². The van der Waals surface area contributed by atoms with E-state index in [1.807, 2.05) is 0 Å². The first kappa shape index (κ1) is 5.95. The Hall–Kier alpha value is -1.17. The maximum absolute atomic E-state index is 3.71. The fourth-order valence-corrected chi connectivity index (χ4v) is 0.767. The lowest BCUT2D eigenvalue weighted by Crippen LogP contribution is -2.29. The molecule has 46 valence electrons. The smallest absolute Gasteiger partial charge is 0.275 e. The van der Waals surface area contributed by atoms with E-state index in [1.165, 1.54) is 0 Å². The third-order valence-electron chi connectivity index (χ3n) is 0.631. The van der Waals surface area contributed by atoms with Gasteiger partial charge in [0.05, 0.1) is 0 Å². The zero-order valence-electron chi connectivity index (χ0n) is 4.63. The van der Waals surface area contributed by atoms with Crippen molar-refractivity contribution in [1.29, 1.82) is 0 Å². The van der Waals surface area contributed by atoms with Gasteiger partial charge in [0.15, 0.2) is 5.45 Å². The molecule has 0 bridgehead atoms. The first-order chi connectivity index (χ1) is 4.43. The van der Waals surface area contributed by atoms with Gasteiger partial charge >= 0.3 is 0 Å². The van der Waals surface area contributed by atoms with Gasteiger partial charge in [-0.25, -0.2) is 0 Å². The Morgan fingerprint density at radius 1 is 1.78 bits per heavy atom. The predicted molar refractivity (Wildman–Crippen MR) is 32.9 cm³/mol. The van der Waals surface area contributed by atoms with Gasteiger partial charge in [-0.05, 0) is 6.20 Å². The van der Waals surface area contributed by atoms with Crippen LogP contribution in [-0.2, 0) is 0 Å². The van der Waals surface area contributed by atoms with Crippen molar-refractivity contribution in [1.82, 2.24) is 25.6 Å². The van der Waals surface area contributed by atoms with E-state index in [4.69, 9.17) is 0 Å². The molecule has 0 fully saturated rings. The highest BCUT2D eigenvalue weighted by atomic mass is 28.2. The molecule has 1 aromatic heterocycles. The molecule has 0 aliphatic rings. The Labute approximate surface area is 54.4 Å². The van der Waals surface area contributed by atoms with Crippen molar-refractivity contribution in [2.24, 2.45) is 0 Å². The minimum absolute atomic E-state index is 0.345. The number of aromatic nitrogens is 4. The molecule has 0 aliphatic heterocycles. The summed E-state index contributed by atoms with van der Waals surface area (Å²) < 4.78 is 0. The summed E-state index contributed by atoms with van der Waals surface area (Å²) >= 11 is 0. The predicted octanol–water partition coefficient (Wildman–Crippen LogP) is -1.82. The molecule has 0 unspecified atom stereocenters. The largest absolute Gasteiger partial charge is 0.412 e. The van der Waals surface area contributed by atoms with Gasteiger partial charge in [-0.2, -0.15) is 5.21 Å². The van der Waals surface area contributed by atoms with Crippen LogP contribution in [0.5, 0.6) is 0 Å². The number of aromatic amines is 1. The number of nitrogens with one attached hydrogen (secondary N) is 2. The Kier molecular flexibility index (Phi) is 1.97. The summed E-state index contributed by atoms with van der Waals surface area (Å²) in [6.45, 7) is 3.47. The van der Waals surface area contributed by atoms with E-state index < -0.39 is 0 Å². The summed E-state index contributed by atoms with van der Waals surface area (Å²) in [5.41, 5.74) is 0.662. The van der Waals surface area contributed by atoms with Crippen molar-refractivity contribution >= 4 is 15.1 Å². The number of H-pyrrole nitrogens is 1. The molecule has 1 heterocycles. The van der Waals surface area contributed by atoms with E-state index in [-0.39, 0.29) is 0 Å². The summed E-state index contributed by atoms with van der Waals surface area (Å²) in [5.74, 6) is 0. The molecule has 2 N–H and O–H groups in total. The van der Waals surface area contributed by atoms with Crippen LogP contribution in [-0.4, -0.2) is 30.3 Å². The quantitative estimate of drug-likeness (QED) is 0.484. The average Bonchev–Trinajstić information content (AvgIpc) is 2.34. The molecule has 0 spiro atoms. The van der Waals surface area contributed by atoms with E-state index in [9.17, 15) is 0 Å². The van der Waals surface area contributed by atoms with E-state index in [0.29, 0.717) is 15.1 Å². The molecular weight excluding hydrogens is 134 g/mol. The zero-order valence-corrected chi connectivity index (χ0v) is 5.63.